The van der Waals surface area contributed by atoms with Gasteiger partial charge in [0.25, 0.3) is 0 Å². The number of pyridine rings is 1. The van der Waals surface area contributed by atoms with E-state index in [9.17, 15) is 4.21 Å². The molecule has 5 rings (SSSR count). The van der Waals surface area contributed by atoms with Crippen LogP contribution in [0.15, 0.2) is 60.0 Å². The predicted octanol–water partition coefficient (Wildman–Crippen LogP) is 3.46. The fourth-order valence-corrected chi connectivity index (χ4v) is 5.36. The highest BCUT2D eigenvalue weighted by Crippen LogP contribution is 2.47. The van der Waals surface area contributed by atoms with Crippen LogP contribution in [-0.4, -0.2) is 39.1 Å². The molecule has 0 bridgehead atoms. The van der Waals surface area contributed by atoms with Crippen molar-refractivity contribution < 1.29 is 8.95 Å². The smallest absolute Gasteiger partial charge is 0.301 e. The van der Waals surface area contributed by atoms with E-state index < -0.39 is 10.8 Å². The number of fused-ring (bicyclic) bond motifs is 2. The number of aromatic nitrogens is 2. The van der Waals surface area contributed by atoms with Gasteiger partial charge in [0.1, 0.15) is 35.3 Å². The number of methoxy groups -OCH3 is 1. The molecule has 7 heteroatoms. The molecule has 2 aliphatic heterocycles. The van der Waals surface area contributed by atoms with Gasteiger partial charge in [0, 0.05) is 35.9 Å². The molecular formula is C21H21N4O2S+. The van der Waals surface area contributed by atoms with Crippen LogP contribution in [0.3, 0.4) is 0 Å². The van der Waals surface area contributed by atoms with Crippen LogP contribution >= 0.6 is 0 Å². The van der Waals surface area contributed by atoms with Crippen molar-refractivity contribution >= 4 is 27.3 Å². The van der Waals surface area contributed by atoms with E-state index in [1.165, 1.54) is 0 Å². The van der Waals surface area contributed by atoms with Gasteiger partial charge in [-0.05, 0) is 37.3 Å². The predicted molar refractivity (Wildman–Crippen MR) is 112 cm³/mol. The average molecular weight is 393 g/mol. The quantitative estimate of drug-likeness (QED) is 0.504. The zero-order valence-corrected chi connectivity index (χ0v) is 16.6. The first-order chi connectivity index (χ1) is 13.6. The molecular weight excluding hydrogens is 372 g/mol. The monoisotopic (exact) mass is 393 g/mol. The summed E-state index contributed by atoms with van der Waals surface area (Å²) in [5.41, 5.74) is 4.85. The molecule has 1 spiro atoms. The molecule has 0 N–H and O–H groups in total. The Bertz CT molecular complexity index is 1120. The van der Waals surface area contributed by atoms with Gasteiger partial charge in [-0.25, -0.2) is 8.69 Å². The molecule has 0 radical (unpaired) electrons. The summed E-state index contributed by atoms with van der Waals surface area (Å²) < 4.78 is 21.3. The SMILES string of the molecule is COc1ccnc(CS(=O)C2=Nc3cc(-n4cccc4)ccc3[N+]23CC3)c1C. The van der Waals surface area contributed by atoms with Crippen molar-refractivity contribution in [1.29, 1.82) is 0 Å². The van der Waals surface area contributed by atoms with Crippen molar-refractivity contribution in [1.82, 2.24) is 14.0 Å². The molecule has 1 aromatic carbocycles. The van der Waals surface area contributed by atoms with E-state index in [1.807, 2.05) is 37.5 Å². The fourth-order valence-electron chi connectivity index (χ4n) is 3.82. The van der Waals surface area contributed by atoms with Gasteiger partial charge in [-0.15, -0.1) is 0 Å². The molecule has 1 saturated heterocycles. The topological polar surface area (TPSA) is 56.5 Å². The Labute approximate surface area is 166 Å². The van der Waals surface area contributed by atoms with Crippen LogP contribution < -0.4 is 9.22 Å². The minimum absolute atomic E-state index is 0.348. The van der Waals surface area contributed by atoms with Gasteiger partial charge in [-0.2, -0.15) is 4.99 Å². The van der Waals surface area contributed by atoms with E-state index in [0.717, 1.165) is 52.3 Å². The highest BCUT2D eigenvalue weighted by atomic mass is 32.2. The zero-order valence-electron chi connectivity index (χ0n) is 15.8. The molecule has 142 valence electrons. The van der Waals surface area contributed by atoms with Crippen LogP contribution in [0.4, 0.5) is 11.4 Å². The summed E-state index contributed by atoms with van der Waals surface area (Å²) in [5, 5.41) is 0.740. The lowest BCUT2D eigenvalue weighted by atomic mass is 10.2. The maximum absolute atomic E-state index is 13.3. The van der Waals surface area contributed by atoms with E-state index in [4.69, 9.17) is 9.73 Å². The molecule has 2 aliphatic rings. The van der Waals surface area contributed by atoms with E-state index in [1.54, 1.807) is 13.3 Å². The molecule has 3 aromatic rings. The molecule has 1 unspecified atom stereocenters. The minimum atomic E-state index is -1.25. The van der Waals surface area contributed by atoms with Gasteiger partial charge in [-0.1, -0.05) is 0 Å². The number of amidine groups is 1. The van der Waals surface area contributed by atoms with Crippen LogP contribution in [0.1, 0.15) is 11.3 Å². The zero-order chi connectivity index (χ0) is 19.3. The number of benzene rings is 1. The number of rotatable bonds is 4. The van der Waals surface area contributed by atoms with Crippen molar-refractivity contribution in [2.75, 3.05) is 20.2 Å². The lowest BCUT2D eigenvalue weighted by Gasteiger charge is -2.14. The molecule has 6 nitrogen and oxygen atoms in total. The second-order valence-corrected chi connectivity index (χ2v) is 8.49. The lowest BCUT2D eigenvalue weighted by Crippen LogP contribution is -2.35. The largest absolute Gasteiger partial charge is 0.496 e. The van der Waals surface area contributed by atoms with E-state index in [2.05, 4.69) is 27.8 Å². The molecule has 1 atom stereocenters. The van der Waals surface area contributed by atoms with Gasteiger partial charge in [0.15, 0.2) is 5.69 Å². The first-order valence-electron chi connectivity index (χ1n) is 9.23. The highest BCUT2D eigenvalue weighted by molar-refractivity contribution is 8.00. The van der Waals surface area contributed by atoms with Gasteiger partial charge in [0.2, 0.25) is 0 Å². The van der Waals surface area contributed by atoms with Crippen molar-refractivity contribution in [3.05, 3.63) is 66.2 Å². The number of aliphatic imine (C=N–C) groups is 1. The molecule has 0 aliphatic carbocycles. The third-order valence-corrected chi connectivity index (χ3v) is 6.91. The molecule has 2 aromatic heterocycles. The van der Waals surface area contributed by atoms with Crippen LogP contribution in [0.25, 0.3) is 5.69 Å². The Morgan fingerprint density at radius 1 is 1.21 bits per heavy atom. The summed E-state index contributed by atoms with van der Waals surface area (Å²) >= 11 is 0. The third-order valence-electron chi connectivity index (χ3n) is 5.53. The van der Waals surface area contributed by atoms with E-state index in [0.29, 0.717) is 10.2 Å². The van der Waals surface area contributed by atoms with Gasteiger partial charge in [-0.3, -0.25) is 4.98 Å². The lowest BCUT2D eigenvalue weighted by molar-refractivity contribution is 0.410. The maximum atomic E-state index is 13.3. The number of ether oxygens (including phenoxy) is 1. The Morgan fingerprint density at radius 2 is 2.00 bits per heavy atom. The van der Waals surface area contributed by atoms with E-state index >= 15 is 0 Å². The highest BCUT2D eigenvalue weighted by Gasteiger charge is 2.57. The number of quaternary nitrogens is 1. The van der Waals surface area contributed by atoms with Crippen molar-refractivity contribution in [3.8, 4) is 11.4 Å². The van der Waals surface area contributed by atoms with Crippen LogP contribution in [0, 0.1) is 6.92 Å². The number of hydrogen-bond donors (Lipinski definition) is 0. The molecule has 1 fully saturated rings. The van der Waals surface area contributed by atoms with Crippen molar-refractivity contribution in [3.63, 3.8) is 0 Å². The molecule has 0 amide bonds. The van der Waals surface area contributed by atoms with Crippen LogP contribution in [0.5, 0.6) is 5.75 Å². The molecule has 4 heterocycles. The number of hydrogen-bond acceptors (Lipinski definition) is 4. The second kappa shape index (κ2) is 6.39. The summed E-state index contributed by atoms with van der Waals surface area (Å²) in [6.45, 7) is 3.85. The Balaban J connectivity index is 1.48. The standard InChI is InChI=1S/C21H21N4O2S/c1-15-18(22-8-7-20(15)27-2)14-28(26)21-23-17-13-16(24-9-3-4-10-24)5-6-19(17)25(21)11-12-25/h3-10,13H,11-12,14H2,1-2H3/q+1. The number of nitrogens with zero attached hydrogens (tertiary/aromatic N) is 4. The Kier molecular flexibility index (Phi) is 3.96. The van der Waals surface area contributed by atoms with E-state index in [-0.39, 0.29) is 0 Å². The first-order valence-corrected chi connectivity index (χ1v) is 10.6. The Hall–Kier alpha value is -2.77. The average Bonchev–Trinajstić information content (AvgIpc) is 3.17. The summed E-state index contributed by atoms with van der Waals surface area (Å²) in [4.78, 5) is 9.25. The second-order valence-electron chi connectivity index (χ2n) is 7.15. The first kappa shape index (κ1) is 17.3. The van der Waals surface area contributed by atoms with Gasteiger partial charge in [0.05, 0.1) is 18.6 Å². The summed E-state index contributed by atoms with van der Waals surface area (Å²) in [7, 11) is 0.392. The third kappa shape index (κ3) is 2.62. The summed E-state index contributed by atoms with van der Waals surface area (Å²) in [6, 6.07) is 12.1. The normalized spacial score (nSPS) is 17.3. The minimum Gasteiger partial charge on any atom is -0.496 e. The molecule has 0 saturated carbocycles. The Morgan fingerprint density at radius 3 is 2.71 bits per heavy atom. The molecule has 28 heavy (non-hydrogen) atoms. The van der Waals surface area contributed by atoms with Crippen molar-refractivity contribution in [2.45, 2.75) is 12.7 Å². The van der Waals surface area contributed by atoms with Crippen molar-refractivity contribution in [2.24, 2.45) is 4.99 Å². The summed E-state index contributed by atoms with van der Waals surface area (Å²) in [5.74, 6) is 1.12. The fraction of sp³-hybridized carbons (Fsp3) is 0.238. The van der Waals surface area contributed by atoms with Gasteiger partial charge < -0.3 is 9.30 Å². The maximum Gasteiger partial charge on any atom is 0.301 e. The van der Waals surface area contributed by atoms with Crippen LogP contribution in [0.2, 0.25) is 0 Å². The van der Waals surface area contributed by atoms with Gasteiger partial charge >= 0.3 is 5.17 Å². The van der Waals surface area contributed by atoms with Crippen LogP contribution in [-0.2, 0) is 16.6 Å². The summed E-state index contributed by atoms with van der Waals surface area (Å²) in [6.07, 6.45) is 5.73.